The van der Waals surface area contributed by atoms with E-state index in [0.717, 1.165) is 18.8 Å². The molecule has 0 unspecified atom stereocenters. The predicted octanol–water partition coefficient (Wildman–Crippen LogP) is 4.09. The Hall–Kier alpha value is -1.80. The second-order valence-electron chi connectivity index (χ2n) is 5.11. The van der Waals surface area contributed by atoms with Crippen LogP contribution in [0.3, 0.4) is 0 Å². The molecule has 0 fully saturated rings. The van der Waals surface area contributed by atoms with Gasteiger partial charge in [-0.25, -0.2) is 0 Å². The van der Waals surface area contributed by atoms with Crippen molar-refractivity contribution < 1.29 is 4.74 Å². The molecule has 1 N–H and O–H groups in total. The molecule has 2 heteroatoms. The zero-order valence-electron chi connectivity index (χ0n) is 12.8. The molecule has 0 saturated heterocycles. The first-order valence-corrected chi connectivity index (χ1v) is 7.11. The van der Waals surface area contributed by atoms with E-state index in [0.29, 0.717) is 0 Å². The van der Waals surface area contributed by atoms with E-state index in [1.807, 2.05) is 6.07 Å². The van der Waals surface area contributed by atoms with Gasteiger partial charge in [0.15, 0.2) is 0 Å². The summed E-state index contributed by atoms with van der Waals surface area (Å²) in [6, 6.07) is 13.0. The Labute approximate surface area is 121 Å². The molecule has 20 heavy (non-hydrogen) atoms. The third-order valence-corrected chi connectivity index (χ3v) is 3.58. The van der Waals surface area contributed by atoms with Crippen LogP contribution in [0.4, 0.5) is 0 Å². The molecule has 0 saturated carbocycles. The molecule has 2 rings (SSSR count). The fraction of sp³-hybridized carbons (Fsp3) is 0.333. The van der Waals surface area contributed by atoms with Crippen molar-refractivity contribution in [2.75, 3.05) is 13.7 Å². The van der Waals surface area contributed by atoms with Crippen LogP contribution in [-0.2, 0) is 6.54 Å². The lowest BCUT2D eigenvalue weighted by Crippen LogP contribution is -2.11. The third kappa shape index (κ3) is 3.20. The number of ether oxygens (including phenoxy) is 1. The maximum atomic E-state index is 5.32. The fourth-order valence-corrected chi connectivity index (χ4v) is 2.47. The summed E-state index contributed by atoms with van der Waals surface area (Å²) < 4.78 is 5.32. The van der Waals surface area contributed by atoms with Gasteiger partial charge in [-0.05, 0) is 60.3 Å². The molecule has 2 aromatic carbocycles. The van der Waals surface area contributed by atoms with Gasteiger partial charge in [0.1, 0.15) is 5.75 Å². The lowest BCUT2D eigenvalue weighted by molar-refractivity contribution is 0.412. The van der Waals surface area contributed by atoms with Crippen molar-refractivity contribution in [2.45, 2.75) is 27.3 Å². The zero-order chi connectivity index (χ0) is 14.5. The molecule has 0 spiro atoms. The first-order chi connectivity index (χ1) is 9.65. The fourth-order valence-electron chi connectivity index (χ4n) is 2.47. The van der Waals surface area contributed by atoms with Crippen LogP contribution < -0.4 is 10.1 Å². The standard InChI is InChI=1S/C18H23NO/c1-5-19-12-15-6-8-17(13(2)10-15)16-7-9-18(20-4)14(3)11-16/h6-11,19H,5,12H2,1-4H3. The summed E-state index contributed by atoms with van der Waals surface area (Å²) in [6.07, 6.45) is 0. The van der Waals surface area contributed by atoms with Crippen LogP contribution in [0.25, 0.3) is 11.1 Å². The van der Waals surface area contributed by atoms with Gasteiger partial charge in [0, 0.05) is 6.54 Å². The highest BCUT2D eigenvalue weighted by Gasteiger charge is 2.06. The van der Waals surface area contributed by atoms with Crippen molar-refractivity contribution in [1.29, 1.82) is 0 Å². The van der Waals surface area contributed by atoms with E-state index in [1.165, 1.54) is 27.8 Å². The maximum absolute atomic E-state index is 5.32. The Bertz CT molecular complexity index is 590. The first kappa shape index (κ1) is 14.6. The van der Waals surface area contributed by atoms with E-state index in [9.17, 15) is 0 Å². The molecule has 0 bridgehead atoms. The van der Waals surface area contributed by atoms with Crippen LogP contribution >= 0.6 is 0 Å². The highest BCUT2D eigenvalue weighted by molar-refractivity contribution is 5.69. The number of hydrogen-bond acceptors (Lipinski definition) is 2. The average Bonchev–Trinajstić information content (AvgIpc) is 2.45. The molecule has 0 radical (unpaired) electrons. The summed E-state index contributed by atoms with van der Waals surface area (Å²) in [5.41, 5.74) is 6.34. The van der Waals surface area contributed by atoms with E-state index in [4.69, 9.17) is 4.74 Å². The van der Waals surface area contributed by atoms with Gasteiger partial charge in [0.05, 0.1) is 7.11 Å². The molecule has 0 aliphatic carbocycles. The van der Waals surface area contributed by atoms with E-state index < -0.39 is 0 Å². The minimum atomic E-state index is 0.930. The molecule has 0 amide bonds. The highest BCUT2D eigenvalue weighted by atomic mass is 16.5. The van der Waals surface area contributed by atoms with Crippen LogP contribution in [0.2, 0.25) is 0 Å². The number of methoxy groups -OCH3 is 1. The largest absolute Gasteiger partial charge is 0.496 e. The SMILES string of the molecule is CCNCc1ccc(-c2ccc(OC)c(C)c2)c(C)c1. The molecule has 0 aliphatic rings. The number of rotatable bonds is 5. The van der Waals surface area contributed by atoms with Crippen LogP contribution in [0.5, 0.6) is 5.75 Å². The molecule has 0 heterocycles. The van der Waals surface area contributed by atoms with Crippen molar-refractivity contribution >= 4 is 0 Å². The summed E-state index contributed by atoms with van der Waals surface area (Å²) >= 11 is 0. The van der Waals surface area contributed by atoms with Crippen LogP contribution in [0.1, 0.15) is 23.6 Å². The Morgan fingerprint density at radius 1 is 1.00 bits per heavy atom. The van der Waals surface area contributed by atoms with Gasteiger partial charge < -0.3 is 10.1 Å². The lowest BCUT2D eigenvalue weighted by atomic mass is 9.97. The number of hydrogen-bond donors (Lipinski definition) is 1. The Balaban J connectivity index is 2.31. The van der Waals surface area contributed by atoms with Crippen molar-refractivity contribution in [3.8, 4) is 16.9 Å². The molecule has 106 valence electrons. The van der Waals surface area contributed by atoms with Gasteiger partial charge in [-0.2, -0.15) is 0 Å². The third-order valence-electron chi connectivity index (χ3n) is 3.58. The first-order valence-electron chi connectivity index (χ1n) is 7.11. The Morgan fingerprint density at radius 3 is 2.40 bits per heavy atom. The average molecular weight is 269 g/mol. The van der Waals surface area contributed by atoms with Gasteiger partial charge >= 0.3 is 0 Å². The van der Waals surface area contributed by atoms with Gasteiger partial charge in [0.2, 0.25) is 0 Å². The van der Waals surface area contributed by atoms with Gasteiger partial charge in [-0.15, -0.1) is 0 Å². The molecule has 0 aliphatic heterocycles. The van der Waals surface area contributed by atoms with E-state index in [-0.39, 0.29) is 0 Å². The van der Waals surface area contributed by atoms with Crippen LogP contribution in [0.15, 0.2) is 36.4 Å². The predicted molar refractivity (Wildman–Crippen MR) is 85.3 cm³/mol. The molecule has 2 nitrogen and oxygen atoms in total. The van der Waals surface area contributed by atoms with Crippen LogP contribution in [-0.4, -0.2) is 13.7 Å². The number of aryl methyl sites for hydroxylation is 2. The summed E-state index contributed by atoms with van der Waals surface area (Å²) in [4.78, 5) is 0. The minimum Gasteiger partial charge on any atom is -0.496 e. The van der Waals surface area contributed by atoms with E-state index >= 15 is 0 Å². The Kier molecular flexibility index (Phi) is 4.80. The molecule has 2 aromatic rings. The molecule has 0 aromatic heterocycles. The summed E-state index contributed by atoms with van der Waals surface area (Å²) in [5, 5.41) is 3.36. The topological polar surface area (TPSA) is 21.3 Å². The number of nitrogens with one attached hydrogen (secondary N) is 1. The summed E-state index contributed by atoms with van der Waals surface area (Å²) in [6.45, 7) is 8.31. The normalized spacial score (nSPS) is 10.6. The highest BCUT2D eigenvalue weighted by Crippen LogP contribution is 2.28. The van der Waals surface area contributed by atoms with Crippen molar-refractivity contribution in [3.05, 3.63) is 53.1 Å². The summed E-state index contributed by atoms with van der Waals surface area (Å²) in [7, 11) is 1.71. The monoisotopic (exact) mass is 269 g/mol. The minimum absolute atomic E-state index is 0.930. The summed E-state index contributed by atoms with van der Waals surface area (Å²) in [5.74, 6) is 0.940. The lowest BCUT2D eigenvalue weighted by Gasteiger charge is -2.11. The quantitative estimate of drug-likeness (QED) is 0.882. The van der Waals surface area contributed by atoms with Crippen molar-refractivity contribution in [1.82, 2.24) is 5.32 Å². The van der Waals surface area contributed by atoms with Gasteiger partial charge in [-0.3, -0.25) is 0 Å². The molecular formula is C18H23NO. The number of benzene rings is 2. The molecular weight excluding hydrogens is 246 g/mol. The van der Waals surface area contributed by atoms with E-state index in [2.05, 4.69) is 56.4 Å². The van der Waals surface area contributed by atoms with Gasteiger partial charge in [-0.1, -0.05) is 31.2 Å². The second-order valence-corrected chi connectivity index (χ2v) is 5.11. The van der Waals surface area contributed by atoms with E-state index in [1.54, 1.807) is 7.11 Å². The van der Waals surface area contributed by atoms with Gasteiger partial charge in [0.25, 0.3) is 0 Å². The second kappa shape index (κ2) is 6.58. The Morgan fingerprint density at radius 2 is 1.80 bits per heavy atom. The zero-order valence-corrected chi connectivity index (χ0v) is 12.8. The molecule has 0 atom stereocenters. The smallest absolute Gasteiger partial charge is 0.121 e. The van der Waals surface area contributed by atoms with Crippen LogP contribution in [0, 0.1) is 13.8 Å². The maximum Gasteiger partial charge on any atom is 0.121 e. The van der Waals surface area contributed by atoms with Crippen molar-refractivity contribution in [3.63, 3.8) is 0 Å². The van der Waals surface area contributed by atoms with Crippen molar-refractivity contribution in [2.24, 2.45) is 0 Å².